The van der Waals surface area contributed by atoms with Crippen molar-refractivity contribution in [3.05, 3.63) is 85.1 Å². The minimum absolute atomic E-state index is 0.0293. The van der Waals surface area contributed by atoms with E-state index in [2.05, 4.69) is 98.9 Å². The van der Waals surface area contributed by atoms with Crippen LogP contribution in [0.15, 0.2) is 85.1 Å². The van der Waals surface area contributed by atoms with E-state index in [1.54, 1.807) is 0 Å². The van der Waals surface area contributed by atoms with Crippen LogP contribution in [0.25, 0.3) is 0 Å². The van der Waals surface area contributed by atoms with Gasteiger partial charge in [0.25, 0.3) is 0 Å². The van der Waals surface area contributed by atoms with Gasteiger partial charge in [0, 0.05) is 12.8 Å². The number of carbonyl (C=O) groups is 2. The topological polar surface area (TPSA) is 108 Å². The molecule has 0 saturated carbocycles. The van der Waals surface area contributed by atoms with Crippen molar-refractivity contribution in [1.29, 1.82) is 0 Å². The van der Waals surface area contributed by atoms with Gasteiger partial charge in [0.15, 0.2) is 6.10 Å². The standard InChI is InChI=1S/C59H104NO8P/c1-6-8-10-12-14-16-18-20-21-22-23-24-25-26-27-28-29-30-31-32-33-34-35-36-37-38-39-40-42-44-46-48-50-52-59(62)68-57(56-67-69(63,64)66-54-53-60(3,4)5)55-65-58(61)51-49-47-45-43-41-19-17-15-13-11-9-7-2/h8,10,14,16,20-21,23-24,26-27,29-30,32-33,57H,6-7,9,11-13,15,17-19,22,25,28,31,34-56H2,1-5H3/p+1/b10-8-,16-14-,21-20-,24-23-,27-26-,30-29-,33-32-. The molecule has 0 aromatic heterocycles. The number of hydrogen-bond donors (Lipinski definition) is 1. The number of phosphoric acid groups is 1. The van der Waals surface area contributed by atoms with Gasteiger partial charge in [0.1, 0.15) is 19.8 Å². The molecule has 69 heavy (non-hydrogen) atoms. The molecule has 0 spiro atoms. The van der Waals surface area contributed by atoms with Gasteiger partial charge in [-0.2, -0.15) is 0 Å². The Hall–Kier alpha value is -2.81. The number of esters is 2. The fourth-order valence-corrected chi connectivity index (χ4v) is 8.15. The zero-order valence-electron chi connectivity index (χ0n) is 45.0. The minimum Gasteiger partial charge on any atom is -0.462 e. The Morgan fingerprint density at radius 1 is 0.464 bits per heavy atom. The number of quaternary nitrogens is 1. The Labute approximate surface area is 424 Å². The second-order valence-corrected chi connectivity index (χ2v) is 21.0. The third-order valence-electron chi connectivity index (χ3n) is 11.7. The Kier molecular flexibility index (Phi) is 48.1. The molecule has 0 aliphatic rings. The molecule has 0 bridgehead atoms. The molecule has 2 unspecified atom stereocenters. The van der Waals surface area contributed by atoms with Crippen molar-refractivity contribution in [3.63, 3.8) is 0 Å². The van der Waals surface area contributed by atoms with E-state index in [1.165, 1.54) is 103 Å². The first-order valence-electron chi connectivity index (χ1n) is 27.8. The fraction of sp³-hybridized carbons (Fsp3) is 0.729. The molecule has 0 radical (unpaired) electrons. The molecule has 0 aromatic carbocycles. The third-order valence-corrected chi connectivity index (χ3v) is 12.7. The van der Waals surface area contributed by atoms with E-state index < -0.39 is 26.5 Å². The predicted molar refractivity (Wildman–Crippen MR) is 293 cm³/mol. The van der Waals surface area contributed by atoms with Gasteiger partial charge in [0.05, 0.1) is 27.7 Å². The van der Waals surface area contributed by atoms with E-state index in [4.69, 9.17) is 18.5 Å². The summed E-state index contributed by atoms with van der Waals surface area (Å²) in [4.78, 5) is 35.5. The van der Waals surface area contributed by atoms with E-state index in [9.17, 15) is 19.0 Å². The summed E-state index contributed by atoms with van der Waals surface area (Å²) < 4.78 is 34.5. The molecule has 0 fully saturated rings. The van der Waals surface area contributed by atoms with Gasteiger partial charge in [-0.05, 0) is 70.6 Å². The van der Waals surface area contributed by atoms with Crippen LogP contribution in [-0.2, 0) is 32.7 Å². The number of rotatable bonds is 50. The molecule has 398 valence electrons. The minimum atomic E-state index is -4.38. The Morgan fingerprint density at radius 2 is 0.826 bits per heavy atom. The molecule has 10 heteroatoms. The fourth-order valence-electron chi connectivity index (χ4n) is 7.41. The summed E-state index contributed by atoms with van der Waals surface area (Å²) in [5.74, 6) is -0.800. The second kappa shape index (κ2) is 50.1. The van der Waals surface area contributed by atoms with Crippen molar-refractivity contribution in [2.45, 2.75) is 232 Å². The van der Waals surface area contributed by atoms with Gasteiger partial charge in [-0.1, -0.05) is 227 Å². The second-order valence-electron chi connectivity index (χ2n) is 19.6. The number of allylic oxidation sites excluding steroid dienone is 14. The molecule has 0 aromatic rings. The van der Waals surface area contributed by atoms with Crippen molar-refractivity contribution in [3.8, 4) is 0 Å². The summed E-state index contributed by atoms with van der Waals surface area (Å²) in [5.41, 5.74) is 0. The number of unbranched alkanes of at least 4 members (excludes halogenated alkanes) is 22. The van der Waals surface area contributed by atoms with Crippen molar-refractivity contribution in [2.75, 3.05) is 47.5 Å². The maximum Gasteiger partial charge on any atom is 0.472 e. The third kappa shape index (κ3) is 54.4. The Morgan fingerprint density at radius 3 is 1.23 bits per heavy atom. The lowest BCUT2D eigenvalue weighted by molar-refractivity contribution is -0.870. The quantitative estimate of drug-likeness (QED) is 0.0211. The molecule has 0 aliphatic carbocycles. The van der Waals surface area contributed by atoms with E-state index in [-0.39, 0.29) is 32.0 Å². The SMILES string of the molecule is CC/C=C\C/C=C\C/C=C\C/C=C\C/C=C\C/C=C\C/C=C\CCCCCCCCCCCCCC(=O)OC(COC(=O)CCCCCCCCCCCCCC)COP(=O)(O)OCC[N+](C)(C)C. The van der Waals surface area contributed by atoms with E-state index in [0.29, 0.717) is 17.4 Å². The van der Waals surface area contributed by atoms with Crippen LogP contribution in [0.4, 0.5) is 0 Å². The first-order chi connectivity index (χ1) is 33.5. The number of ether oxygens (including phenoxy) is 2. The smallest absolute Gasteiger partial charge is 0.462 e. The van der Waals surface area contributed by atoms with Crippen LogP contribution >= 0.6 is 7.82 Å². The zero-order chi connectivity index (χ0) is 50.6. The maximum absolute atomic E-state index is 12.8. The molecule has 0 amide bonds. The molecule has 0 aliphatic heterocycles. The summed E-state index contributed by atoms with van der Waals surface area (Å²) in [5, 5.41) is 0. The van der Waals surface area contributed by atoms with Crippen LogP contribution in [0.3, 0.4) is 0 Å². The first-order valence-corrected chi connectivity index (χ1v) is 29.3. The average molecular weight is 987 g/mol. The van der Waals surface area contributed by atoms with Crippen LogP contribution in [0, 0.1) is 0 Å². The van der Waals surface area contributed by atoms with Gasteiger partial charge in [-0.25, -0.2) is 4.57 Å². The lowest BCUT2D eigenvalue weighted by atomic mass is 10.0. The highest BCUT2D eigenvalue weighted by molar-refractivity contribution is 7.47. The van der Waals surface area contributed by atoms with E-state index in [0.717, 1.165) is 89.9 Å². The summed E-state index contributed by atoms with van der Waals surface area (Å²) >= 11 is 0. The van der Waals surface area contributed by atoms with Crippen LogP contribution in [-0.4, -0.2) is 74.9 Å². The van der Waals surface area contributed by atoms with Gasteiger partial charge >= 0.3 is 19.8 Å². The molecule has 2 atom stereocenters. The van der Waals surface area contributed by atoms with Crippen LogP contribution < -0.4 is 0 Å². The monoisotopic (exact) mass is 987 g/mol. The molecule has 0 heterocycles. The molecule has 0 saturated heterocycles. The zero-order valence-corrected chi connectivity index (χ0v) is 45.9. The van der Waals surface area contributed by atoms with Crippen LogP contribution in [0.5, 0.6) is 0 Å². The Balaban J connectivity index is 4.10. The largest absolute Gasteiger partial charge is 0.472 e. The summed E-state index contributed by atoms with van der Waals surface area (Å²) in [6.07, 6.45) is 66.5. The lowest BCUT2D eigenvalue weighted by Crippen LogP contribution is -2.37. The summed E-state index contributed by atoms with van der Waals surface area (Å²) in [6, 6.07) is 0. The number of carbonyl (C=O) groups excluding carboxylic acids is 2. The number of likely N-dealkylation sites (N-methyl/N-ethyl adjacent to an activating group) is 1. The highest BCUT2D eigenvalue weighted by Crippen LogP contribution is 2.43. The number of hydrogen-bond acceptors (Lipinski definition) is 7. The van der Waals surface area contributed by atoms with Gasteiger partial charge in [-0.3, -0.25) is 18.6 Å². The van der Waals surface area contributed by atoms with Gasteiger partial charge < -0.3 is 18.9 Å². The average Bonchev–Trinajstić information content (AvgIpc) is 3.31. The molecular formula is C59H105NO8P+. The van der Waals surface area contributed by atoms with E-state index >= 15 is 0 Å². The van der Waals surface area contributed by atoms with Crippen molar-refractivity contribution >= 4 is 19.8 Å². The van der Waals surface area contributed by atoms with Crippen LogP contribution in [0.2, 0.25) is 0 Å². The maximum atomic E-state index is 12.8. The number of nitrogens with zero attached hydrogens (tertiary/aromatic N) is 1. The number of phosphoric ester groups is 1. The van der Waals surface area contributed by atoms with Crippen molar-refractivity contribution in [1.82, 2.24) is 0 Å². The van der Waals surface area contributed by atoms with Gasteiger partial charge in [0.2, 0.25) is 0 Å². The summed E-state index contributed by atoms with van der Waals surface area (Å²) in [6.45, 7) is 4.31. The predicted octanol–water partition coefficient (Wildman–Crippen LogP) is 17.1. The van der Waals surface area contributed by atoms with Crippen LogP contribution in [0.1, 0.15) is 226 Å². The normalized spacial score (nSPS) is 14.0. The van der Waals surface area contributed by atoms with Crippen molar-refractivity contribution in [2.24, 2.45) is 0 Å². The Bertz CT molecular complexity index is 1440. The van der Waals surface area contributed by atoms with Gasteiger partial charge in [-0.15, -0.1) is 0 Å². The van der Waals surface area contributed by atoms with Crippen molar-refractivity contribution < 1.29 is 42.1 Å². The summed E-state index contributed by atoms with van der Waals surface area (Å²) in [7, 11) is 1.47. The van der Waals surface area contributed by atoms with E-state index in [1.807, 2.05) is 21.1 Å². The highest BCUT2D eigenvalue weighted by Gasteiger charge is 2.27. The molecule has 0 rings (SSSR count). The molecule has 1 N–H and O–H groups in total. The first kappa shape index (κ1) is 66.2. The molecule has 9 nitrogen and oxygen atoms in total. The highest BCUT2D eigenvalue weighted by atomic mass is 31.2. The molecular weight excluding hydrogens is 882 g/mol. The lowest BCUT2D eigenvalue weighted by Gasteiger charge is -2.24.